The van der Waals surface area contributed by atoms with Crippen molar-refractivity contribution >= 4 is 28.4 Å². The summed E-state index contributed by atoms with van der Waals surface area (Å²) in [6.07, 6.45) is 2.24. The van der Waals surface area contributed by atoms with Crippen molar-refractivity contribution in [2.75, 3.05) is 5.32 Å². The van der Waals surface area contributed by atoms with Crippen LogP contribution in [0.5, 0.6) is 0 Å². The average Bonchev–Trinajstić information content (AvgIpc) is 2.72. The van der Waals surface area contributed by atoms with Crippen molar-refractivity contribution in [1.82, 2.24) is 9.97 Å². The number of nitrogens with one attached hydrogen (secondary N) is 2. The molecule has 0 saturated carbocycles. The molecule has 0 fully saturated rings. The summed E-state index contributed by atoms with van der Waals surface area (Å²) < 4.78 is 0.552. The summed E-state index contributed by atoms with van der Waals surface area (Å²) in [7, 11) is 0. The number of H-pyrrole nitrogens is 1. The highest BCUT2D eigenvalue weighted by Crippen LogP contribution is 2.32. The molecule has 0 radical (unpaired) electrons. The summed E-state index contributed by atoms with van der Waals surface area (Å²) in [6.45, 7) is 0. The normalized spacial score (nSPS) is 21.2. The summed E-state index contributed by atoms with van der Waals surface area (Å²) in [6, 6.07) is 8.17. The predicted molar refractivity (Wildman–Crippen MR) is 82.1 cm³/mol. The number of benzene rings is 1. The van der Waals surface area contributed by atoms with Crippen molar-refractivity contribution < 1.29 is 0 Å². The van der Waals surface area contributed by atoms with Crippen LogP contribution in [0.25, 0.3) is 0 Å². The highest BCUT2D eigenvalue weighted by molar-refractivity contribution is 14.1. The van der Waals surface area contributed by atoms with Crippen LogP contribution < -0.4 is 16.6 Å². The summed E-state index contributed by atoms with van der Waals surface area (Å²) in [5.41, 5.74) is 8.49. The molecule has 1 heterocycles. The van der Waals surface area contributed by atoms with Crippen LogP contribution in [-0.4, -0.2) is 16.0 Å². The second-order valence-corrected chi connectivity index (χ2v) is 5.66. The van der Waals surface area contributed by atoms with Crippen LogP contribution in [0.2, 0.25) is 0 Å². The Morgan fingerprint density at radius 1 is 1.42 bits per heavy atom. The topological polar surface area (TPSA) is 83.8 Å². The van der Waals surface area contributed by atoms with Crippen LogP contribution in [0, 0.1) is 3.57 Å². The van der Waals surface area contributed by atoms with Crippen molar-refractivity contribution in [2.45, 2.75) is 18.5 Å². The molecule has 4 N–H and O–H groups in total. The summed E-state index contributed by atoms with van der Waals surface area (Å²) in [4.78, 5) is 18.3. The molecule has 1 aromatic heterocycles. The molecule has 0 aliphatic heterocycles. The minimum Gasteiger partial charge on any atom is -0.361 e. The van der Waals surface area contributed by atoms with Crippen LogP contribution in [0.1, 0.15) is 17.2 Å². The van der Waals surface area contributed by atoms with Crippen molar-refractivity contribution in [3.05, 3.63) is 55.6 Å². The first-order valence-corrected chi connectivity index (χ1v) is 7.08. The average molecular weight is 368 g/mol. The summed E-state index contributed by atoms with van der Waals surface area (Å²) in [5, 5.41) is 3.29. The van der Waals surface area contributed by atoms with Crippen molar-refractivity contribution in [1.29, 1.82) is 0 Å². The van der Waals surface area contributed by atoms with Gasteiger partial charge in [0.25, 0.3) is 5.56 Å². The van der Waals surface area contributed by atoms with Crippen LogP contribution in [0.4, 0.5) is 5.82 Å². The Morgan fingerprint density at radius 2 is 2.21 bits per heavy atom. The Balaban J connectivity index is 1.96. The van der Waals surface area contributed by atoms with E-state index in [1.54, 1.807) is 0 Å². The van der Waals surface area contributed by atoms with Gasteiger partial charge >= 0.3 is 0 Å². The van der Waals surface area contributed by atoms with Crippen LogP contribution in [0.3, 0.4) is 0 Å². The van der Waals surface area contributed by atoms with Crippen molar-refractivity contribution in [2.24, 2.45) is 5.73 Å². The van der Waals surface area contributed by atoms with E-state index in [9.17, 15) is 4.79 Å². The van der Waals surface area contributed by atoms with E-state index in [0.717, 1.165) is 6.42 Å². The smallest absolute Gasteiger partial charge is 0.266 e. The minimum atomic E-state index is -0.141. The van der Waals surface area contributed by atoms with Gasteiger partial charge in [-0.05, 0) is 40.1 Å². The zero-order valence-electron chi connectivity index (χ0n) is 10.1. The van der Waals surface area contributed by atoms with Gasteiger partial charge in [-0.3, -0.25) is 4.79 Å². The fourth-order valence-electron chi connectivity index (χ4n) is 2.44. The van der Waals surface area contributed by atoms with Gasteiger partial charge in [0.15, 0.2) is 0 Å². The Bertz CT molecular complexity index is 670. The number of hydrogen-bond acceptors (Lipinski definition) is 4. The minimum absolute atomic E-state index is 0.000911. The first-order valence-electron chi connectivity index (χ1n) is 6.00. The maximum atomic E-state index is 11.6. The number of nitrogens with two attached hydrogens (primary N) is 1. The molecule has 0 bridgehead atoms. The summed E-state index contributed by atoms with van der Waals surface area (Å²) in [5.74, 6) is 0.585. The molecule has 6 heteroatoms. The van der Waals surface area contributed by atoms with Crippen molar-refractivity contribution in [3.63, 3.8) is 0 Å². The second kappa shape index (κ2) is 4.93. The molecule has 2 atom stereocenters. The zero-order chi connectivity index (χ0) is 13.4. The maximum Gasteiger partial charge on any atom is 0.266 e. The number of nitrogens with zero attached hydrogens (tertiary/aromatic N) is 1. The van der Waals surface area contributed by atoms with Gasteiger partial charge in [-0.25, -0.2) is 4.98 Å². The molecule has 1 aromatic carbocycles. The number of anilines is 1. The standard InChI is InChI=1S/C13H13IN4O/c14-10-12(16-6-17-13(10)19)18-11-8-4-2-1-3-7(8)5-9(11)15/h1-4,6,9,11H,5,15H2,(H2,16,17,18,19). The molecule has 0 spiro atoms. The number of halogens is 1. The van der Waals surface area contributed by atoms with E-state index in [-0.39, 0.29) is 17.6 Å². The number of hydrogen-bond donors (Lipinski definition) is 3. The highest BCUT2D eigenvalue weighted by atomic mass is 127. The molecule has 5 nitrogen and oxygen atoms in total. The second-order valence-electron chi connectivity index (χ2n) is 4.58. The molecular weight excluding hydrogens is 355 g/mol. The highest BCUT2D eigenvalue weighted by Gasteiger charge is 2.30. The third kappa shape index (κ3) is 2.25. The number of aromatic amines is 1. The van der Waals surface area contributed by atoms with E-state index < -0.39 is 0 Å². The van der Waals surface area contributed by atoms with Gasteiger partial charge < -0.3 is 16.0 Å². The number of rotatable bonds is 2. The molecule has 2 aromatic rings. The Labute approximate surface area is 123 Å². The lowest BCUT2D eigenvalue weighted by Gasteiger charge is -2.19. The third-order valence-corrected chi connectivity index (χ3v) is 4.36. The largest absolute Gasteiger partial charge is 0.361 e. The summed E-state index contributed by atoms with van der Waals surface area (Å²) >= 11 is 1.99. The van der Waals surface area contributed by atoms with Crippen LogP contribution >= 0.6 is 22.6 Å². The number of fused-ring (bicyclic) bond motifs is 1. The van der Waals surface area contributed by atoms with Gasteiger partial charge in [0.2, 0.25) is 0 Å². The fourth-order valence-corrected chi connectivity index (χ4v) is 2.89. The first kappa shape index (κ1) is 12.6. The molecule has 19 heavy (non-hydrogen) atoms. The lowest BCUT2D eigenvalue weighted by molar-refractivity contribution is 0.623. The van der Waals surface area contributed by atoms with Crippen LogP contribution in [-0.2, 0) is 6.42 Å². The molecule has 0 amide bonds. The van der Waals surface area contributed by atoms with Gasteiger partial charge in [0, 0.05) is 6.04 Å². The predicted octanol–water partition coefficient (Wildman–Crippen LogP) is 1.41. The Morgan fingerprint density at radius 3 is 3.05 bits per heavy atom. The monoisotopic (exact) mass is 368 g/mol. The van der Waals surface area contributed by atoms with E-state index in [0.29, 0.717) is 9.39 Å². The van der Waals surface area contributed by atoms with E-state index in [1.165, 1.54) is 17.5 Å². The molecular formula is C13H13IN4O. The lowest BCUT2D eigenvalue weighted by atomic mass is 10.1. The van der Waals surface area contributed by atoms with Gasteiger partial charge in [-0.15, -0.1) is 0 Å². The third-order valence-electron chi connectivity index (χ3n) is 3.36. The van der Waals surface area contributed by atoms with E-state index in [4.69, 9.17) is 5.73 Å². The zero-order valence-corrected chi connectivity index (χ0v) is 12.2. The molecule has 0 saturated heterocycles. The quantitative estimate of drug-likeness (QED) is 0.700. The molecule has 1 aliphatic rings. The van der Waals surface area contributed by atoms with Gasteiger partial charge in [-0.1, -0.05) is 24.3 Å². The van der Waals surface area contributed by atoms with E-state index >= 15 is 0 Å². The maximum absolute atomic E-state index is 11.6. The van der Waals surface area contributed by atoms with E-state index in [2.05, 4.69) is 27.4 Å². The van der Waals surface area contributed by atoms with Crippen LogP contribution in [0.15, 0.2) is 35.4 Å². The SMILES string of the molecule is NC1Cc2ccccc2C1Nc1nc[nH]c(=O)c1I. The molecule has 98 valence electrons. The molecule has 3 rings (SSSR count). The lowest BCUT2D eigenvalue weighted by Crippen LogP contribution is -2.31. The van der Waals surface area contributed by atoms with E-state index in [1.807, 2.05) is 34.7 Å². The Hall–Kier alpha value is -1.41. The Kier molecular flexibility index (Phi) is 3.28. The molecule has 1 aliphatic carbocycles. The van der Waals surface area contributed by atoms with Gasteiger partial charge in [0.1, 0.15) is 9.39 Å². The van der Waals surface area contributed by atoms with Gasteiger partial charge in [-0.2, -0.15) is 0 Å². The number of aromatic nitrogens is 2. The molecule has 2 unspecified atom stereocenters. The fraction of sp³-hybridized carbons (Fsp3) is 0.231. The first-order chi connectivity index (χ1) is 9.16. The van der Waals surface area contributed by atoms with Gasteiger partial charge in [0.05, 0.1) is 12.4 Å². The van der Waals surface area contributed by atoms with Crippen molar-refractivity contribution in [3.8, 4) is 0 Å².